The first-order valence-corrected chi connectivity index (χ1v) is 7.21. The summed E-state index contributed by atoms with van der Waals surface area (Å²) in [5, 5.41) is 0. The van der Waals surface area contributed by atoms with Crippen molar-refractivity contribution >= 4 is 0 Å². The molecule has 21 heavy (non-hydrogen) atoms. The van der Waals surface area contributed by atoms with Gasteiger partial charge in [0.2, 0.25) is 0 Å². The molecule has 2 unspecified atom stereocenters. The van der Waals surface area contributed by atoms with Crippen LogP contribution in [0.3, 0.4) is 0 Å². The molecule has 2 aliphatic heterocycles. The summed E-state index contributed by atoms with van der Waals surface area (Å²) in [5.41, 5.74) is 5.31. The van der Waals surface area contributed by atoms with Crippen molar-refractivity contribution in [2.45, 2.75) is 18.7 Å². The van der Waals surface area contributed by atoms with Gasteiger partial charge in [-0.1, -0.05) is 0 Å². The summed E-state index contributed by atoms with van der Waals surface area (Å²) in [4.78, 5) is 4.48. The van der Waals surface area contributed by atoms with Crippen LogP contribution in [0, 0.1) is 18.6 Å². The highest BCUT2D eigenvalue weighted by Gasteiger charge is 2.42. The van der Waals surface area contributed by atoms with Crippen molar-refractivity contribution in [3.8, 4) is 0 Å². The molecule has 0 aliphatic carbocycles. The third-order valence-electron chi connectivity index (χ3n) is 4.56. The van der Waals surface area contributed by atoms with Gasteiger partial charge in [0.05, 0.1) is 6.61 Å². The number of halogens is 2. The fourth-order valence-corrected chi connectivity index (χ4v) is 3.16. The molecule has 1 aromatic carbocycles. The van der Waals surface area contributed by atoms with Crippen LogP contribution < -0.4 is 5.73 Å². The quantitative estimate of drug-likeness (QED) is 0.841. The van der Waals surface area contributed by atoms with E-state index >= 15 is 0 Å². The van der Waals surface area contributed by atoms with Crippen LogP contribution in [-0.4, -0.2) is 55.7 Å². The van der Waals surface area contributed by atoms with Gasteiger partial charge >= 0.3 is 0 Å². The maximum atomic E-state index is 14.4. The summed E-state index contributed by atoms with van der Waals surface area (Å²) < 4.78 is 33.6. The van der Waals surface area contributed by atoms with E-state index in [1.807, 2.05) is 0 Å². The number of benzene rings is 1. The van der Waals surface area contributed by atoms with Crippen LogP contribution in [0.4, 0.5) is 8.78 Å². The zero-order valence-corrected chi connectivity index (χ0v) is 12.4. The van der Waals surface area contributed by atoms with Gasteiger partial charge in [-0.25, -0.2) is 8.78 Å². The monoisotopic (exact) mass is 297 g/mol. The molecule has 0 spiro atoms. The molecule has 2 fully saturated rings. The van der Waals surface area contributed by atoms with Crippen LogP contribution in [0.5, 0.6) is 0 Å². The second kappa shape index (κ2) is 5.28. The molecule has 2 atom stereocenters. The number of fused-ring (bicyclic) bond motifs is 1. The fourth-order valence-electron chi connectivity index (χ4n) is 3.16. The third-order valence-corrected chi connectivity index (χ3v) is 4.56. The largest absolute Gasteiger partial charge is 0.353 e. The summed E-state index contributed by atoms with van der Waals surface area (Å²) in [7, 11) is 2.07. The molecule has 2 N–H and O–H groups in total. The van der Waals surface area contributed by atoms with Crippen LogP contribution in [0.15, 0.2) is 12.1 Å². The number of ether oxygens (including phenoxy) is 1. The number of nitrogens with zero attached hydrogens (tertiary/aromatic N) is 2. The Kier molecular flexibility index (Phi) is 3.73. The van der Waals surface area contributed by atoms with Crippen LogP contribution in [0.25, 0.3) is 0 Å². The predicted octanol–water partition coefficient (Wildman–Crippen LogP) is 1.03. The van der Waals surface area contributed by atoms with Crippen LogP contribution in [-0.2, 0) is 10.5 Å². The zero-order valence-electron chi connectivity index (χ0n) is 12.4. The smallest absolute Gasteiger partial charge is 0.158 e. The second-order valence-corrected chi connectivity index (χ2v) is 6.12. The van der Waals surface area contributed by atoms with E-state index in [1.54, 1.807) is 0 Å². The van der Waals surface area contributed by atoms with Gasteiger partial charge in [0.1, 0.15) is 11.6 Å². The minimum atomic E-state index is -1.21. The number of hydrogen-bond acceptors (Lipinski definition) is 4. The minimum absolute atomic E-state index is 0.0126. The van der Waals surface area contributed by atoms with Crippen molar-refractivity contribution in [3.05, 3.63) is 34.9 Å². The molecule has 2 saturated heterocycles. The Balaban J connectivity index is 1.87. The van der Waals surface area contributed by atoms with Crippen molar-refractivity contribution in [1.29, 1.82) is 0 Å². The third kappa shape index (κ3) is 2.57. The van der Waals surface area contributed by atoms with E-state index in [1.165, 1.54) is 19.1 Å². The van der Waals surface area contributed by atoms with E-state index in [0.717, 1.165) is 19.6 Å². The molecule has 0 radical (unpaired) electrons. The van der Waals surface area contributed by atoms with E-state index < -0.39 is 17.4 Å². The standard InChI is InChI=1S/C15H21F2N3O/c1-10-13(16)4-3-12(14(10)17)15(18)9-20-6-5-19(2)7-11(20)8-21-15/h3-4,11H,5-9,18H2,1-2H3. The number of morpholine rings is 1. The van der Waals surface area contributed by atoms with Gasteiger partial charge in [0.25, 0.3) is 0 Å². The SMILES string of the molecule is Cc1c(F)ccc(C2(N)CN3CCN(C)CC3CO2)c1F. The number of rotatable bonds is 1. The van der Waals surface area contributed by atoms with Gasteiger partial charge in [0, 0.05) is 43.3 Å². The molecule has 2 heterocycles. The Hall–Kier alpha value is -1.08. The van der Waals surface area contributed by atoms with Gasteiger partial charge in [0.15, 0.2) is 5.72 Å². The van der Waals surface area contributed by atoms with Crippen molar-refractivity contribution in [2.24, 2.45) is 5.73 Å². The van der Waals surface area contributed by atoms with Gasteiger partial charge in [-0.2, -0.15) is 0 Å². The van der Waals surface area contributed by atoms with Crippen LogP contribution in [0.1, 0.15) is 11.1 Å². The molecule has 3 rings (SSSR count). The Morgan fingerprint density at radius 1 is 1.33 bits per heavy atom. The first-order chi connectivity index (χ1) is 9.90. The predicted molar refractivity (Wildman–Crippen MR) is 75.8 cm³/mol. The Morgan fingerprint density at radius 3 is 2.86 bits per heavy atom. The second-order valence-electron chi connectivity index (χ2n) is 6.12. The summed E-state index contributed by atoms with van der Waals surface area (Å²) in [6.45, 7) is 5.05. The normalized spacial score (nSPS) is 31.2. The molecular weight excluding hydrogens is 276 g/mol. The maximum Gasteiger partial charge on any atom is 0.158 e. The first kappa shape index (κ1) is 14.8. The molecule has 116 valence electrons. The molecule has 2 aliphatic rings. The molecule has 1 aromatic rings. The number of likely N-dealkylation sites (N-methyl/N-ethyl adjacent to an activating group) is 1. The maximum absolute atomic E-state index is 14.4. The van der Waals surface area contributed by atoms with E-state index in [0.29, 0.717) is 13.2 Å². The lowest BCUT2D eigenvalue weighted by Gasteiger charge is -2.49. The lowest BCUT2D eigenvalue weighted by Crippen LogP contribution is -2.64. The van der Waals surface area contributed by atoms with Crippen molar-refractivity contribution in [1.82, 2.24) is 9.80 Å². The highest BCUT2D eigenvalue weighted by atomic mass is 19.1. The average Bonchev–Trinajstić information content (AvgIpc) is 2.45. The van der Waals surface area contributed by atoms with Crippen molar-refractivity contribution in [3.63, 3.8) is 0 Å². The summed E-state index contributed by atoms with van der Waals surface area (Å²) in [6.07, 6.45) is 0. The minimum Gasteiger partial charge on any atom is -0.353 e. The molecule has 4 nitrogen and oxygen atoms in total. The topological polar surface area (TPSA) is 41.7 Å². The highest BCUT2D eigenvalue weighted by Crippen LogP contribution is 2.31. The summed E-state index contributed by atoms with van der Waals surface area (Å²) >= 11 is 0. The summed E-state index contributed by atoms with van der Waals surface area (Å²) in [5.74, 6) is -1.17. The number of hydrogen-bond donors (Lipinski definition) is 1. The Labute approximate surface area is 123 Å². The van der Waals surface area contributed by atoms with Gasteiger partial charge in [-0.05, 0) is 26.1 Å². The summed E-state index contributed by atoms with van der Waals surface area (Å²) in [6, 6.07) is 2.93. The van der Waals surface area contributed by atoms with E-state index in [9.17, 15) is 8.78 Å². The zero-order chi connectivity index (χ0) is 15.2. The first-order valence-electron chi connectivity index (χ1n) is 7.21. The average molecular weight is 297 g/mol. The van der Waals surface area contributed by atoms with Crippen LogP contribution in [0.2, 0.25) is 0 Å². The van der Waals surface area contributed by atoms with E-state index in [4.69, 9.17) is 10.5 Å². The van der Waals surface area contributed by atoms with Crippen LogP contribution >= 0.6 is 0 Å². The lowest BCUT2D eigenvalue weighted by molar-refractivity contribution is -0.151. The molecule has 0 bridgehead atoms. The van der Waals surface area contributed by atoms with Crippen molar-refractivity contribution in [2.75, 3.05) is 39.8 Å². The molecule has 6 heteroatoms. The molecule has 0 aromatic heterocycles. The Bertz CT molecular complexity index is 554. The number of piperazine rings is 1. The fraction of sp³-hybridized carbons (Fsp3) is 0.600. The van der Waals surface area contributed by atoms with E-state index in [2.05, 4.69) is 16.8 Å². The molecule has 0 saturated carbocycles. The molecular formula is C15H21F2N3O. The highest BCUT2D eigenvalue weighted by molar-refractivity contribution is 5.31. The molecule has 0 amide bonds. The van der Waals surface area contributed by atoms with E-state index in [-0.39, 0.29) is 17.2 Å². The Morgan fingerprint density at radius 2 is 2.10 bits per heavy atom. The van der Waals surface area contributed by atoms with Gasteiger partial charge in [-0.3, -0.25) is 10.6 Å². The number of nitrogens with two attached hydrogens (primary N) is 1. The lowest BCUT2D eigenvalue weighted by atomic mass is 9.96. The van der Waals surface area contributed by atoms with Crippen molar-refractivity contribution < 1.29 is 13.5 Å². The van der Waals surface area contributed by atoms with Gasteiger partial charge < -0.3 is 9.64 Å². The van der Waals surface area contributed by atoms with Gasteiger partial charge in [-0.15, -0.1) is 0 Å².